The lowest BCUT2D eigenvalue weighted by Gasteiger charge is -2.24. The summed E-state index contributed by atoms with van der Waals surface area (Å²) >= 11 is 5.87. The van der Waals surface area contributed by atoms with Crippen LogP contribution in [-0.4, -0.2) is 23.3 Å². The molecular weight excluding hydrogens is 250 g/mol. The summed E-state index contributed by atoms with van der Waals surface area (Å²) < 4.78 is 0. The van der Waals surface area contributed by atoms with Crippen LogP contribution in [0, 0.1) is 5.92 Å². The second kappa shape index (κ2) is 4.28. The lowest BCUT2D eigenvalue weighted by molar-refractivity contribution is 0.204. The van der Waals surface area contributed by atoms with Crippen LogP contribution in [0.5, 0.6) is 0 Å². The van der Waals surface area contributed by atoms with Gasteiger partial charge in [0.15, 0.2) is 0 Å². The second-order valence-corrected chi connectivity index (χ2v) is 5.31. The highest BCUT2D eigenvalue weighted by Gasteiger charge is 2.37. The van der Waals surface area contributed by atoms with Crippen LogP contribution in [-0.2, 0) is 0 Å². The number of carbonyl (C=O) groups is 1. The third-order valence-electron chi connectivity index (χ3n) is 3.40. The maximum Gasteiger partial charge on any atom is 0.346 e. The van der Waals surface area contributed by atoms with Crippen LogP contribution in [0.2, 0.25) is 5.02 Å². The van der Waals surface area contributed by atoms with Gasteiger partial charge in [0.25, 0.3) is 0 Å². The van der Waals surface area contributed by atoms with Gasteiger partial charge in [0.2, 0.25) is 0 Å². The number of halogens is 1. The van der Waals surface area contributed by atoms with Gasteiger partial charge in [-0.2, -0.15) is 4.99 Å². The van der Waals surface area contributed by atoms with Crippen molar-refractivity contribution in [2.75, 3.05) is 6.54 Å². The van der Waals surface area contributed by atoms with E-state index in [2.05, 4.69) is 4.99 Å². The molecule has 3 rings (SSSR count). The maximum absolute atomic E-state index is 11.8. The number of amidine groups is 1. The van der Waals surface area contributed by atoms with Crippen molar-refractivity contribution in [3.63, 3.8) is 0 Å². The van der Waals surface area contributed by atoms with Gasteiger partial charge in [-0.05, 0) is 36.5 Å². The van der Waals surface area contributed by atoms with E-state index in [-0.39, 0.29) is 12.1 Å². The molecule has 1 fully saturated rings. The molecule has 0 saturated heterocycles. The SMILES string of the molecule is NC1=NC(=O)N(CC2CC2)C1c1ccc(Cl)cc1. The van der Waals surface area contributed by atoms with E-state index in [1.54, 1.807) is 4.90 Å². The Bertz CT molecular complexity index is 507. The van der Waals surface area contributed by atoms with Crippen LogP contribution < -0.4 is 5.73 Å². The number of carbonyl (C=O) groups excluding carboxylic acids is 1. The van der Waals surface area contributed by atoms with E-state index < -0.39 is 0 Å². The first-order valence-electron chi connectivity index (χ1n) is 6.05. The van der Waals surface area contributed by atoms with Crippen LogP contribution in [0.4, 0.5) is 4.79 Å². The molecule has 2 N–H and O–H groups in total. The molecule has 4 nitrogen and oxygen atoms in total. The van der Waals surface area contributed by atoms with Crippen LogP contribution in [0.3, 0.4) is 0 Å². The van der Waals surface area contributed by atoms with E-state index in [0.29, 0.717) is 16.8 Å². The fraction of sp³-hybridized carbons (Fsp3) is 0.385. The molecule has 1 aliphatic carbocycles. The van der Waals surface area contributed by atoms with Gasteiger partial charge in [-0.25, -0.2) is 4.79 Å². The van der Waals surface area contributed by atoms with Crippen LogP contribution >= 0.6 is 11.6 Å². The summed E-state index contributed by atoms with van der Waals surface area (Å²) in [5.74, 6) is 0.993. The Balaban J connectivity index is 1.88. The zero-order valence-electron chi connectivity index (χ0n) is 9.84. The number of hydrogen-bond donors (Lipinski definition) is 1. The molecule has 2 aliphatic rings. The summed E-state index contributed by atoms with van der Waals surface area (Å²) in [5.41, 5.74) is 6.85. The van der Waals surface area contributed by atoms with Crippen LogP contribution in [0.25, 0.3) is 0 Å². The summed E-state index contributed by atoms with van der Waals surface area (Å²) in [7, 11) is 0. The Morgan fingerprint density at radius 2 is 2.00 bits per heavy atom. The molecule has 18 heavy (non-hydrogen) atoms. The van der Waals surface area contributed by atoms with Gasteiger partial charge in [0.1, 0.15) is 11.9 Å². The van der Waals surface area contributed by atoms with Crippen molar-refractivity contribution in [1.29, 1.82) is 0 Å². The maximum atomic E-state index is 11.8. The predicted molar refractivity (Wildman–Crippen MR) is 70.6 cm³/mol. The lowest BCUT2D eigenvalue weighted by atomic mass is 10.1. The van der Waals surface area contributed by atoms with Gasteiger partial charge in [-0.15, -0.1) is 0 Å². The van der Waals surface area contributed by atoms with Crippen molar-refractivity contribution >= 4 is 23.5 Å². The summed E-state index contributed by atoms with van der Waals surface area (Å²) in [6, 6.07) is 6.96. The molecule has 1 unspecified atom stereocenters. The highest BCUT2D eigenvalue weighted by Crippen LogP contribution is 2.35. The number of benzene rings is 1. The number of rotatable bonds is 3. The molecule has 1 aromatic carbocycles. The lowest BCUT2D eigenvalue weighted by Crippen LogP contribution is -2.34. The van der Waals surface area contributed by atoms with E-state index in [1.807, 2.05) is 24.3 Å². The normalized spacial score (nSPS) is 23.4. The molecule has 1 saturated carbocycles. The fourth-order valence-electron chi connectivity index (χ4n) is 2.26. The molecule has 1 aromatic rings. The average molecular weight is 264 g/mol. The van der Waals surface area contributed by atoms with Crippen molar-refractivity contribution < 1.29 is 4.79 Å². The number of hydrogen-bond acceptors (Lipinski definition) is 2. The first kappa shape index (κ1) is 11.5. The molecule has 0 radical (unpaired) electrons. The van der Waals surface area contributed by atoms with Gasteiger partial charge in [-0.3, -0.25) is 0 Å². The molecular formula is C13H14ClN3O. The topological polar surface area (TPSA) is 58.7 Å². The summed E-state index contributed by atoms with van der Waals surface area (Å²) in [6.45, 7) is 0.746. The zero-order valence-corrected chi connectivity index (χ0v) is 10.6. The monoisotopic (exact) mass is 263 g/mol. The van der Waals surface area contributed by atoms with Gasteiger partial charge in [0, 0.05) is 11.6 Å². The molecule has 5 heteroatoms. The summed E-state index contributed by atoms with van der Waals surface area (Å²) in [5, 5.41) is 0.673. The first-order chi connectivity index (χ1) is 8.65. The molecule has 94 valence electrons. The van der Waals surface area contributed by atoms with E-state index in [9.17, 15) is 4.79 Å². The molecule has 0 spiro atoms. The fourth-order valence-corrected chi connectivity index (χ4v) is 2.39. The minimum Gasteiger partial charge on any atom is -0.385 e. The first-order valence-corrected chi connectivity index (χ1v) is 6.43. The largest absolute Gasteiger partial charge is 0.385 e. The summed E-state index contributed by atoms with van der Waals surface area (Å²) in [4.78, 5) is 17.5. The molecule has 0 bridgehead atoms. The standard InChI is InChI=1S/C13H14ClN3O/c14-10-5-3-9(4-6-10)11-12(15)16-13(18)17(11)7-8-1-2-8/h3-6,8,11H,1-2,7H2,(H2,15,16,18). The highest BCUT2D eigenvalue weighted by atomic mass is 35.5. The molecule has 0 aromatic heterocycles. The Labute approximate surface area is 110 Å². The van der Waals surface area contributed by atoms with Gasteiger partial charge < -0.3 is 10.6 Å². The Kier molecular flexibility index (Phi) is 2.74. The number of urea groups is 1. The summed E-state index contributed by atoms with van der Waals surface area (Å²) in [6.07, 6.45) is 2.38. The van der Waals surface area contributed by atoms with E-state index in [4.69, 9.17) is 17.3 Å². The molecule has 2 amide bonds. The third-order valence-corrected chi connectivity index (χ3v) is 3.65. The average Bonchev–Trinajstić information content (AvgIpc) is 3.09. The van der Waals surface area contributed by atoms with E-state index >= 15 is 0 Å². The van der Waals surface area contributed by atoms with Gasteiger partial charge in [0.05, 0.1) is 0 Å². The minimum atomic E-state index is -0.227. The van der Waals surface area contributed by atoms with Crippen LogP contribution in [0.1, 0.15) is 24.4 Å². The van der Waals surface area contributed by atoms with Crippen molar-refractivity contribution in [3.8, 4) is 0 Å². The Hall–Kier alpha value is -1.55. The number of aliphatic imine (C=N–C) groups is 1. The van der Waals surface area contributed by atoms with Crippen LogP contribution in [0.15, 0.2) is 29.3 Å². The van der Waals surface area contributed by atoms with Gasteiger partial charge in [-0.1, -0.05) is 23.7 Å². The highest BCUT2D eigenvalue weighted by molar-refractivity contribution is 6.30. The third kappa shape index (κ3) is 2.08. The molecule has 1 heterocycles. The van der Waals surface area contributed by atoms with Crippen molar-refractivity contribution in [2.45, 2.75) is 18.9 Å². The van der Waals surface area contributed by atoms with E-state index in [1.165, 1.54) is 12.8 Å². The van der Waals surface area contributed by atoms with E-state index in [0.717, 1.165) is 12.1 Å². The smallest absolute Gasteiger partial charge is 0.346 e. The van der Waals surface area contributed by atoms with Crippen molar-refractivity contribution in [2.24, 2.45) is 16.6 Å². The van der Waals surface area contributed by atoms with Crippen molar-refractivity contribution in [1.82, 2.24) is 4.90 Å². The minimum absolute atomic E-state index is 0.223. The van der Waals surface area contributed by atoms with Crippen molar-refractivity contribution in [3.05, 3.63) is 34.9 Å². The zero-order chi connectivity index (χ0) is 12.7. The second-order valence-electron chi connectivity index (χ2n) is 4.87. The number of amides is 2. The Morgan fingerprint density at radius 1 is 1.33 bits per heavy atom. The Morgan fingerprint density at radius 3 is 2.61 bits per heavy atom. The number of nitrogens with zero attached hydrogens (tertiary/aromatic N) is 2. The molecule has 1 atom stereocenters. The van der Waals surface area contributed by atoms with Gasteiger partial charge >= 0.3 is 6.03 Å². The quantitative estimate of drug-likeness (QED) is 0.911. The predicted octanol–water partition coefficient (Wildman–Crippen LogP) is 2.58. The number of nitrogens with two attached hydrogens (primary N) is 1. The molecule has 1 aliphatic heterocycles.